The van der Waals surface area contributed by atoms with E-state index in [0.29, 0.717) is 38.4 Å². The highest BCUT2D eigenvalue weighted by molar-refractivity contribution is 5.83. The van der Waals surface area contributed by atoms with E-state index in [1.165, 1.54) is 12.1 Å². The van der Waals surface area contributed by atoms with Crippen molar-refractivity contribution in [3.8, 4) is 0 Å². The van der Waals surface area contributed by atoms with Crippen LogP contribution in [-0.4, -0.2) is 47.7 Å². The second kappa shape index (κ2) is 7.48. The number of hydrogen-bond acceptors (Lipinski definition) is 3. The Hall–Kier alpha value is -2.51. The van der Waals surface area contributed by atoms with Crippen molar-refractivity contribution in [2.24, 2.45) is 0 Å². The third-order valence-electron chi connectivity index (χ3n) is 5.32. The lowest BCUT2D eigenvalue weighted by atomic mass is 10.1. The van der Waals surface area contributed by atoms with Gasteiger partial charge in [0.2, 0.25) is 0 Å². The van der Waals surface area contributed by atoms with E-state index < -0.39 is 17.8 Å². The minimum Gasteiger partial charge on any atom is -0.387 e. The first-order valence-electron chi connectivity index (χ1n) is 9.30. The molecule has 0 amide bonds. The Kier molecular flexibility index (Phi) is 5.03. The highest BCUT2D eigenvalue weighted by atomic mass is 19.4. The number of aliphatic hydroxyl groups is 1. The van der Waals surface area contributed by atoms with Gasteiger partial charge in [0.15, 0.2) is 0 Å². The highest BCUT2D eigenvalue weighted by Gasteiger charge is 2.31. The number of aromatic nitrogens is 1. The SMILES string of the molecule is O[C@@H](CN1CCN(c2cccc(C(F)(F)F)c2)CC1)c1c[nH]c2ccccc12. The van der Waals surface area contributed by atoms with Crippen LogP contribution in [-0.2, 0) is 6.18 Å². The van der Waals surface area contributed by atoms with Gasteiger partial charge in [-0.2, -0.15) is 13.2 Å². The largest absolute Gasteiger partial charge is 0.416 e. The molecule has 1 fully saturated rings. The number of benzene rings is 2. The molecule has 7 heteroatoms. The Morgan fingerprint density at radius 2 is 1.75 bits per heavy atom. The molecule has 0 spiro atoms. The van der Waals surface area contributed by atoms with Crippen molar-refractivity contribution in [3.05, 3.63) is 65.9 Å². The van der Waals surface area contributed by atoms with Crippen LogP contribution in [0.1, 0.15) is 17.2 Å². The minimum atomic E-state index is -4.33. The molecule has 2 aromatic carbocycles. The summed E-state index contributed by atoms with van der Waals surface area (Å²) < 4.78 is 38.8. The van der Waals surface area contributed by atoms with Gasteiger partial charge < -0.3 is 15.0 Å². The van der Waals surface area contributed by atoms with Crippen molar-refractivity contribution in [1.82, 2.24) is 9.88 Å². The summed E-state index contributed by atoms with van der Waals surface area (Å²) in [7, 11) is 0. The van der Waals surface area contributed by atoms with Gasteiger partial charge in [-0.15, -0.1) is 0 Å². The van der Waals surface area contributed by atoms with Gasteiger partial charge in [-0.05, 0) is 24.3 Å². The maximum atomic E-state index is 12.9. The van der Waals surface area contributed by atoms with E-state index in [-0.39, 0.29) is 0 Å². The minimum absolute atomic E-state index is 0.498. The Balaban J connectivity index is 1.38. The number of alkyl halides is 3. The van der Waals surface area contributed by atoms with Crippen molar-refractivity contribution < 1.29 is 18.3 Å². The highest BCUT2D eigenvalue weighted by Crippen LogP contribution is 2.32. The van der Waals surface area contributed by atoms with E-state index in [1.54, 1.807) is 6.07 Å². The standard InChI is InChI=1S/C21H22F3N3O/c22-21(23,24)15-4-3-5-16(12-15)27-10-8-26(9-11-27)14-20(28)18-13-25-19-7-2-1-6-17(18)19/h1-7,12-13,20,25,28H,8-11,14H2/t20-/m0/s1. The van der Waals surface area contributed by atoms with Gasteiger partial charge in [-0.25, -0.2) is 0 Å². The van der Waals surface area contributed by atoms with Crippen LogP contribution in [0.3, 0.4) is 0 Å². The third kappa shape index (κ3) is 3.86. The van der Waals surface area contributed by atoms with Crippen molar-refractivity contribution in [2.45, 2.75) is 12.3 Å². The van der Waals surface area contributed by atoms with Crippen molar-refractivity contribution in [1.29, 1.82) is 0 Å². The van der Waals surface area contributed by atoms with Crippen molar-refractivity contribution in [3.63, 3.8) is 0 Å². The number of aromatic amines is 1. The number of fused-ring (bicyclic) bond motifs is 1. The summed E-state index contributed by atoms with van der Waals surface area (Å²) in [5, 5.41) is 11.7. The predicted molar refractivity (Wildman–Crippen MR) is 103 cm³/mol. The van der Waals surface area contributed by atoms with Crippen LogP contribution in [0.2, 0.25) is 0 Å². The molecule has 3 aromatic rings. The summed E-state index contributed by atoms with van der Waals surface area (Å²) in [4.78, 5) is 7.29. The smallest absolute Gasteiger partial charge is 0.387 e. The number of halogens is 3. The van der Waals surface area contributed by atoms with Gasteiger partial charge in [0.05, 0.1) is 11.7 Å². The Morgan fingerprint density at radius 1 is 1.00 bits per heavy atom. The van der Waals surface area contributed by atoms with Crippen LogP contribution in [0.15, 0.2) is 54.7 Å². The van der Waals surface area contributed by atoms with Gasteiger partial charge >= 0.3 is 6.18 Å². The first-order valence-corrected chi connectivity index (χ1v) is 9.30. The van der Waals surface area contributed by atoms with E-state index in [2.05, 4.69) is 9.88 Å². The van der Waals surface area contributed by atoms with E-state index in [9.17, 15) is 18.3 Å². The number of piperazine rings is 1. The van der Waals surface area contributed by atoms with E-state index >= 15 is 0 Å². The summed E-state index contributed by atoms with van der Waals surface area (Å²) in [5.41, 5.74) is 1.83. The fourth-order valence-corrected chi connectivity index (χ4v) is 3.78. The van der Waals surface area contributed by atoms with Gasteiger partial charge in [-0.3, -0.25) is 4.90 Å². The topological polar surface area (TPSA) is 42.5 Å². The zero-order chi connectivity index (χ0) is 19.7. The molecule has 4 rings (SSSR count). The molecular formula is C21H22F3N3O. The molecular weight excluding hydrogens is 367 g/mol. The normalized spacial score (nSPS) is 17.2. The summed E-state index contributed by atoms with van der Waals surface area (Å²) in [5.74, 6) is 0. The Bertz CT molecular complexity index is 945. The fraction of sp³-hybridized carbons (Fsp3) is 0.333. The zero-order valence-electron chi connectivity index (χ0n) is 15.3. The maximum Gasteiger partial charge on any atom is 0.416 e. The summed E-state index contributed by atoms with van der Waals surface area (Å²) in [6, 6.07) is 13.3. The van der Waals surface area contributed by atoms with E-state index in [1.807, 2.05) is 35.4 Å². The number of para-hydroxylation sites is 1. The molecule has 148 valence electrons. The molecule has 0 radical (unpaired) electrons. The van der Waals surface area contributed by atoms with Crippen LogP contribution in [0.5, 0.6) is 0 Å². The van der Waals surface area contributed by atoms with Crippen LogP contribution in [0.25, 0.3) is 10.9 Å². The molecule has 1 aliphatic heterocycles. The Morgan fingerprint density at radius 3 is 2.50 bits per heavy atom. The number of nitrogens with one attached hydrogen (secondary N) is 1. The number of anilines is 1. The van der Waals surface area contributed by atoms with Gasteiger partial charge in [-0.1, -0.05) is 24.3 Å². The monoisotopic (exact) mass is 389 g/mol. The number of rotatable bonds is 4. The number of β-amino-alcohol motifs (C(OH)–C–C–N with tert-alkyl or cyclic N) is 1. The molecule has 0 unspecified atom stereocenters. The molecule has 2 N–H and O–H groups in total. The number of aliphatic hydroxyl groups excluding tert-OH is 1. The molecule has 28 heavy (non-hydrogen) atoms. The lowest BCUT2D eigenvalue weighted by molar-refractivity contribution is -0.137. The third-order valence-corrected chi connectivity index (χ3v) is 5.32. The maximum absolute atomic E-state index is 12.9. The molecule has 1 saturated heterocycles. The Labute approximate surface area is 161 Å². The van der Waals surface area contributed by atoms with Crippen molar-refractivity contribution in [2.75, 3.05) is 37.6 Å². The molecule has 0 aliphatic carbocycles. The molecule has 1 aliphatic rings. The molecule has 2 heterocycles. The summed E-state index contributed by atoms with van der Waals surface area (Å²) in [6.07, 6.45) is -3.11. The molecule has 0 saturated carbocycles. The van der Waals surface area contributed by atoms with Crippen LogP contribution in [0.4, 0.5) is 18.9 Å². The average Bonchev–Trinajstić information content (AvgIpc) is 3.12. The van der Waals surface area contributed by atoms with Gasteiger partial charge in [0, 0.05) is 61.1 Å². The molecule has 1 aromatic heterocycles. The summed E-state index contributed by atoms with van der Waals surface area (Å²) in [6.45, 7) is 3.13. The number of H-pyrrole nitrogens is 1. The second-order valence-electron chi connectivity index (χ2n) is 7.14. The number of nitrogens with zero attached hydrogens (tertiary/aromatic N) is 2. The van der Waals surface area contributed by atoms with Crippen LogP contribution in [0, 0.1) is 0 Å². The second-order valence-corrected chi connectivity index (χ2v) is 7.14. The quantitative estimate of drug-likeness (QED) is 0.708. The van der Waals surface area contributed by atoms with Crippen molar-refractivity contribution >= 4 is 16.6 Å². The lowest BCUT2D eigenvalue weighted by Gasteiger charge is -2.37. The average molecular weight is 389 g/mol. The first-order chi connectivity index (χ1) is 13.4. The first kappa shape index (κ1) is 18.8. The molecule has 4 nitrogen and oxygen atoms in total. The number of hydrogen-bond donors (Lipinski definition) is 2. The summed E-state index contributed by atoms with van der Waals surface area (Å²) >= 11 is 0. The molecule has 1 atom stereocenters. The van der Waals surface area contributed by atoms with Crippen LogP contribution < -0.4 is 4.90 Å². The molecule has 0 bridgehead atoms. The van der Waals surface area contributed by atoms with Gasteiger partial charge in [0.25, 0.3) is 0 Å². The van der Waals surface area contributed by atoms with E-state index in [4.69, 9.17) is 0 Å². The zero-order valence-corrected chi connectivity index (χ0v) is 15.3. The van der Waals surface area contributed by atoms with Gasteiger partial charge in [0.1, 0.15) is 0 Å². The van der Waals surface area contributed by atoms with Crippen LogP contribution >= 0.6 is 0 Å². The predicted octanol–water partition coefficient (Wildman–Crippen LogP) is 4.04. The fourth-order valence-electron chi connectivity index (χ4n) is 3.78. The van der Waals surface area contributed by atoms with E-state index in [0.717, 1.165) is 22.5 Å². The lowest BCUT2D eigenvalue weighted by Crippen LogP contribution is -2.47.